The molecule has 6 N–H and O–H groups in total. The molecule has 0 spiro atoms. The topological polar surface area (TPSA) is 264 Å². The number of rotatable bonds is 6. The van der Waals surface area contributed by atoms with E-state index in [4.69, 9.17) is 40.4 Å². The number of carbonyl (C=O) groups is 1. The highest BCUT2D eigenvalue weighted by Crippen LogP contribution is 2.42. The van der Waals surface area contributed by atoms with Crippen molar-refractivity contribution in [3.05, 3.63) is 100 Å². The van der Waals surface area contributed by atoms with Crippen LogP contribution in [0.4, 0.5) is 5.69 Å². The van der Waals surface area contributed by atoms with Crippen molar-refractivity contribution in [3.8, 4) is 28.2 Å². The summed E-state index contributed by atoms with van der Waals surface area (Å²) < 4.78 is 62.7. The number of hydrogen-bond acceptors (Lipinski definition) is 11. The van der Waals surface area contributed by atoms with Crippen molar-refractivity contribution in [2.75, 3.05) is 5.32 Å². The average molecular weight is 675 g/mol. The summed E-state index contributed by atoms with van der Waals surface area (Å²) >= 11 is 5.36. The number of anilines is 1. The molecule has 1 aliphatic heterocycles. The Morgan fingerprint density at radius 2 is 1.58 bits per heavy atom. The molecule has 0 aromatic heterocycles. The van der Waals surface area contributed by atoms with Crippen LogP contribution in [0.5, 0.6) is 5.75 Å². The maximum absolute atomic E-state index is 12.4. The van der Waals surface area contributed by atoms with Gasteiger partial charge in [0, 0.05) is 40.9 Å². The van der Waals surface area contributed by atoms with Crippen LogP contribution in [0.2, 0.25) is 0 Å². The molecular weight excluding hydrogens is 654 g/mol. The lowest BCUT2D eigenvalue weighted by Gasteiger charge is -2.18. The summed E-state index contributed by atoms with van der Waals surface area (Å²) in [4.78, 5) is 24.4. The van der Waals surface area contributed by atoms with Crippen LogP contribution < -0.4 is 39.8 Å². The van der Waals surface area contributed by atoms with E-state index < -0.39 is 26.2 Å². The maximum Gasteiger partial charge on any atom is 0.336 e. The summed E-state index contributed by atoms with van der Waals surface area (Å²) in [5.74, 6) is -0.977. The fourth-order valence-corrected chi connectivity index (χ4v) is 5.03. The Bertz CT molecular complexity index is 2040. The third-order valence-electron chi connectivity index (χ3n) is 6.16. The van der Waals surface area contributed by atoms with Gasteiger partial charge in [0.1, 0.15) is 17.1 Å². The first-order valence-electron chi connectivity index (χ1n) is 12.4. The van der Waals surface area contributed by atoms with Crippen molar-refractivity contribution in [2.45, 2.75) is 11.4 Å². The zero-order valence-corrected chi connectivity index (χ0v) is 24.9. The van der Waals surface area contributed by atoms with E-state index in [1.807, 2.05) is 0 Å². The summed E-state index contributed by atoms with van der Waals surface area (Å²) in [5, 5.41) is 31.9. The predicted molar refractivity (Wildman–Crippen MR) is 154 cm³/mol. The number of carboxylic acid groups (broad SMARTS) is 1. The van der Waals surface area contributed by atoms with E-state index in [1.165, 1.54) is 42.5 Å². The molecule has 17 heteroatoms. The first kappa shape index (κ1) is 33.2. The second-order valence-corrected chi connectivity index (χ2v) is 12.0. The number of aromatic hydroxyl groups is 1. The Balaban J connectivity index is 0.000000854. The molecule has 1 aliphatic carbocycles. The standard InChI is InChI=1S/C28H21N3O7S2.ClHO4/c29-40(36,37)19-6-1-15(2-7-19)14-30-28(39)31-16-3-8-20(23(11-16)27(34)35)26-21-9-4-17(32)12-24(21)38-25-13-18(33)5-10-22(25)26;2-1(3,4)5/h1-13,32H,14H2,(H,34,35)(H2,29,36,37)(H2,30,31,39);(H,2,3,4,5)/p-1. The molecular formula is C28H21ClN3O11S2-. The number of phenolic OH excluding ortho intramolecular Hbond substituents is 1. The number of fused-ring (bicyclic) bond motifs is 2. The number of sulfonamides is 1. The number of phenols is 1. The minimum Gasteiger partial charge on any atom is -0.508 e. The van der Waals surface area contributed by atoms with Crippen LogP contribution >= 0.6 is 12.2 Å². The van der Waals surface area contributed by atoms with Gasteiger partial charge in [0.2, 0.25) is 10.0 Å². The summed E-state index contributed by atoms with van der Waals surface area (Å²) in [5.41, 5.74) is 2.59. The molecule has 0 fully saturated rings. The molecule has 1 heterocycles. The molecule has 0 amide bonds. The van der Waals surface area contributed by atoms with Gasteiger partial charge in [-0.1, -0.05) is 18.2 Å². The van der Waals surface area contributed by atoms with Gasteiger partial charge in [0.15, 0.2) is 10.5 Å². The molecule has 45 heavy (non-hydrogen) atoms. The number of halogens is 1. The number of primary sulfonamides is 1. The minimum atomic E-state index is -4.94. The molecule has 5 rings (SSSR count). The highest BCUT2D eigenvalue weighted by atomic mass is 35.7. The molecule has 234 valence electrons. The predicted octanol–water partition coefficient (Wildman–Crippen LogP) is -0.653. The van der Waals surface area contributed by atoms with Crippen LogP contribution in [0, 0.1) is 10.2 Å². The van der Waals surface area contributed by atoms with E-state index >= 15 is 0 Å². The number of carboxylic acids is 1. The van der Waals surface area contributed by atoms with Crippen LogP contribution in [-0.4, -0.2) is 29.7 Å². The number of nitrogens with two attached hydrogens (primary N) is 1. The summed E-state index contributed by atoms with van der Waals surface area (Å²) in [6.45, 7) is 0.278. The normalized spacial score (nSPS) is 11.5. The zero-order valence-electron chi connectivity index (χ0n) is 22.6. The van der Waals surface area contributed by atoms with Gasteiger partial charge in [0.25, 0.3) is 0 Å². The Morgan fingerprint density at radius 1 is 0.933 bits per heavy atom. The van der Waals surface area contributed by atoms with Crippen molar-refractivity contribution in [1.29, 1.82) is 0 Å². The summed E-state index contributed by atoms with van der Waals surface area (Å²) in [7, 11) is -8.74. The van der Waals surface area contributed by atoms with Gasteiger partial charge >= 0.3 is 5.97 Å². The molecule has 0 saturated carbocycles. The fraction of sp³-hybridized carbons (Fsp3) is 0.0357. The van der Waals surface area contributed by atoms with Gasteiger partial charge in [-0.05, 0) is 71.9 Å². The van der Waals surface area contributed by atoms with E-state index in [9.17, 15) is 28.2 Å². The van der Waals surface area contributed by atoms with Crippen molar-refractivity contribution in [2.24, 2.45) is 5.14 Å². The van der Waals surface area contributed by atoms with E-state index in [0.29, 0.717) is 27.8 Å². The molecule has 0 saturated heterocycles. The van der Waals surface area contributed by atoms with Crippen molar-refractivity contribution < 1.29 is 56.7 Å². The van der Waals surface area contributed by atoms with Crippen molar-refractivity contribution in [1.82, 2.24) is 5.32 Å². The molecule has 3 aromatic carbocycles. The Hall–Kier alpha value is -4.65. The lowest BCUT2D eigenvalue weighted by Crippen LogP contribution is -2.68. The molecule has 0 bridgehead atoms. The summed E-state index contributed by atoms with van der Waals surface area (Å²) in [6.07, 6.45) is 0. The number of benzene rings is 4. The van der Waals surface area contributed by atoms with Crippen LogP contribution in [-0.2, 0) is 16.6 Å². The first-order valence-corrected chi connectivity index (χ1v) is 15.5. The molecule has 3 aromatic rings. The summed E-state index contributed by atoms with van der Waals surface area (Å²) in [6, 6.07) is 19.5. The van der Waals surface area contributed by atoms with Crippen LogP contribution in [0.15, 0.2) is 93.0 Å². The van der Waals surface area contributed by atoms with E-state index in [0.717, 1.165) is 5.56 Å². The number of aromatic carboxylic acids is 1. The highest BCUT2D eigenvalue weighted by Gasteiger charge is 2.22. The quantitative estimate of drug-likeness (QED) is 0.111. The monoisotopic (exact) mass is 674 g/mol. The lowest BCUT2D eigenvalue weighted by molar-refractivity contribution is -2.00. The van der Waals surface area contributed by atoms with Crippen LogP contribution in [0.25, 0.3) is 33.4 Å². The largest absolute Gasteiger partial charge is 0.508 e. The van der Waals surface area contributed by atoms with Gasteiger partial charge in [-0.3, -0.25) is 4.79 Å². The lowest BCUT2D eigenvalue weighted by atomic mass is 9.90. The van der Waals surface area contributed by atoms with Gasteiger partial charge in [-0.25, -0.2) is 37.0 Å². The van der Waals surface area contributed by atoms with Gasteiger partial charge < -0.3 is 25.3 Å². The highest BCUT2D eigenvalue weighted by molar-refractivity contribution is 7.89. The Kier molecular flexibility index (Phi) is 9.71. The Morgan fingerprint density at radius 3 is 2.20 bits per heavy atom. The van der Waals surface area contributed by atoms with Crippen molar-refractivity contribution >= 4 is 50.0 Å². The molecule has 2 aliphatic rings. The minimum absolute atomic E-state index is 0.00356. The molecule has 0 unspecified atom stereocenters. The van der Waals surface area contributed by atoms with Gasteiger partial charge in [-0.2, -0.15) is 0 Å². The number of thiocarbonyl (C=S) groups is 1. The second-order valence-electron chi connectivity index (χ2n) is 9.26. The van der Waals surface area contributed by atoms with Crippen molar-refractivity contribution in [3.63, 3.8) is 0 Å². The Labute approximate surface area is 261 Å². The number of hydrogen-bond donors (Lipinski definition) is 5. The SMILES string of the molecule is NS(=O)(=O)c1ccc(CNC(=S)Nc2ccc(-c3c4ccc(=O)cc-4oc4cc(O)ccc34)c(C(=O)O)c2)cc1.[O-][Cl+3]([O-])([O-])[O-]. The van der Waals surface area contributed by atoms with E-state index in [2.05, 4.69) is 10.6 Å². The molecule has 14 nitrogen and oxygen atoms in total. The first-order chi connectivity index (χ1) is 21.0. The molecule has 0 radical (unpaired) electrons. The third kappa shape index (κ3) is 8.72. The van der Waals surface area contributed by atoms with Crippen LogP contribution in [0.1, 0.15) is 15.9 Å². The van der Waals surface area contributed by atoms with Gasteiger partial charge in [-0.15, -0.1) is 10.2 Å². The van der Waals surface area contributed by atoms with E-state index in [-0.39, 0.29) is 44.6 Å². The third-order valence-corrected chi connectivity index (χ3v) is 7.33. The zero-order chi connectivity index (χ0) is 33.1. The molecule has 0 atom stereocenters. The van der Waals surface area contributed by atoms with E-state index in [1.54, 1.807) is 36.4 Å². The fourth-order valence-electron chi connectivity index (χ4n) is 4.32. The smallest absolute Gasteiger partial charge is 0.336 e. The number of nitrogens with one attached hydrogen (secondary N) is 2. The van der Waals surface area contributed by atoms with Crippen LogP contribution in [0.3, 0.4) is 0 Å². The average Bonchev–Trinajstić information content (AvgIpc) is 2.93. The van der Waals surface area contributed by atoms with Gasteiger partial charge in [0.05, 0.1) is 10.5 Å². The second kappa shape index (κ2) is 13.1. The maximum atomic E-state index is 12.4.